The van der Waals surface area contributed by atoms with E-state index in [2.05, 4.69) is 9.55 Å². The molecule has 0 aliphatic heterocycles. The van der Waals surface area contributed by atoms with Crippen LogP contribution in [-0.4, -0.2) is 15.8 Å². The zero-order valence-corrected chi connectivity index (χ0v) is 10.3. The Hall–Kier alpha value is -1.42. The van der Waals surface area contributed by atoms with E-state index in [9.17, 15) is 4.79 Å². The molecule has 0 N–H and O–H groups in total. The number of carbonyl (C=O) groups excluding carboxylic acids is 1. The summed E-state index contributed by atoms with van der Waals surface area (Å²) in [4.78, 5) is 15.1. The van der Waals surface area contributed by atoms with E-state index in [1.807, 2.05) is 31.5 Å². The van der Waals surface area contributed by atoms with E-state index in [4.69, 9.17) is 0 Å². The van der Waals surface area contributed by atoms with Crippen molar-refractivity contribution < 1.29 is 4.79 Å². The zero-order chi connectivity index (χ0) is 11.5. The summed E-state index contributed by atoms with van der Waals surface area (Å²) < 4.78 is 2.17. The van der Waals surface area contributed by atoms with Crippen molar-refractivity contribution in [2.24, 2.45) is 0 Å². The van der Waals surface area contributed by atoms with E-state index in [1.165, 1.54) is 0 Å². The highest BCUT2D eigenvalue weighted by atomic mass is 32.1. The lowest BCUT2D eigenvalue weighted by Crippen LogP contribution is -2.05. The second-order valence-corrected chi connectivity index (χ2v) is 4.75. The number of aldehydes is 1. The first-order valence-electron chi connectivity index (χ1n) is 5.22. The van der Waals surface area contributed by atoms with Gasteiger partial charge in [0.25, 0.3) is 0 Å². The monoisotopic (exact) mass is 234 g/mol. The summed E-state index contributed by atoms with van der Waals surface area (Å²) in [6, 6.07) is 1.93. The fourth-order valence-electron chi connectivity index (χ4n) is 1.88. The van der Waals surface area contributed by atoms with Crippen LogP contribution in [0.5, 0.6) is 0 Å². The number of carbonyl (C=O) groups is 1. The fraction of sp³-hybridized carbons (Fsp3) is 0.333. The molecular formula is C12H14N2OS. The molecule has 4 heteroatoms. The minimum Gasteiger partial charge on any atom is -0.348 e. The van der Waals surface area contributed by atoms with Crippen LogP contribution in [0.15, 0.2) is 17.6 Å². The second kappa shape index (κ2) is 4.61. The van der Waals surface area contributed by atoms with Crippen LogP contribution >= 0.6 is 11.3 Å². The highest BCUT2D eigenvalue weighted by molar-refractivity contribution is 7.09. The van der Waals surface area contributed by atoms with Crippen molar-refractivity contribution in [2.75, 3.05) is 0 Å². The quantitative estimate of drug-likeness (QED) is 0.762. The normalized spacial score (nSPS) is 10.6. The van der Waals surface area contributed by atoms with Gasteiger partial charge in [0.05, 0.1) is 5.01 Å². The third-order valence-corrected chi connectivity index (χ3v) is 3.61. The Kier molecular flexibility index (Phi) is 3.19. The smallest absolute Gasteiger partial charge is 0.151 e. The van der Waals surface area contributed by atoms with E-state index >= 15 is 0 Å². The van der Waals surface area contributed by atoms with E-state index in [-0.39, 0.29) is 0 Å². The predicted octanol–water partition coefficient (Wildman–Crippen LogP) is 2.62. The maximum atomic E-state index is 10.8. The number of nitrogens with zero attached hydrogens (tertiary/aromatic N) is 2. The third kappa shape index (κ3) is 2.07. The van der Waals surface area contributed by atoms with Crippen molar-refractivity contribution in [3.63, 3.8) is 0 Å². The largest absolute Gasteiger partial charge is 0.348 e. The summed E-state index contributed by atoms with van der Waals surface area (Å²) >= 11 is 1.67. The van der Waals surface area contributed by atoms with Gasteiger partial charge in [0.1, 0.15) is 0 Å². The highest BCUT2D eigenvalue weighted by Gasteiger charge is 2.08. The predicted molar refractivity (Wildman–Crippen MR) is 65.1 cm³/mol. The molecule has 0 unspecified atom stereocenters. The van der Waals surface area contributed by atoms with E-state index in [1.54, 1.807) is 11.3 Å². The van der Waals surface area contributed by atoms with Gasteiger partial charge in [-0.2, -0.15) is 0 Å². The Balaban J connectivity index is 2.15. The molecule has 0 aliphatic carbocycles. The number of thiazole rings is 1. The fourth-order valence-corrected chi connectivity index (χ4v) is 2.48. The van der Waals surface area contributed by atoms with Gasteiger partial charge in [-0.05, 0) is 19.9 Å². The highest BCUT2D eigenvalue weighted by Crippen LogP contribution is 2.15. The first-order valence-corrected chi connectivity index (χ1v) is 6.10. The maximum absolute atomic E-state index is 10.8. The summed E-state index contributed by atoms with van der Waals surface area (Å²) in [6.07, 6.45) is 3.67. The summed E-state index contributed by atoms with van der Waals surface area (Å²) in [5, 5.41) is 3.13. The molecule has 0 aliphatic rings. The van der Waals surface area contributed by atoms with Gasteiger partial charge < -0.3 is 4.57 Å². The lowest BCUT2D eigenvalue weighted by molar-refractivity contribution is 0.112. The molecule has 0 atom stereocenters. The molecule has 0 saturated carbocycles. The van der Waals surface area contributed by atoms with Crippen molar-refractivity contribution in [1.82, 2.24) is 9.55 Å². The molecule has 0 saturated heterocycles. The number of rotatable bonds is 4. The maximum Gasteiger partial charge on any atom is 0.151 e. The van der Waals surface area contributed by atoms with Crippen LogP contribution in [0, 0.1) is 13.8 Å². The van der Waals surface area contributed by atoms with Crippen LogP contribution in [0.1, 0.15) is 26.8 Å². The molecule has 0 spiro atoms. The topological polar surface area (TPSA) is 34.9 Å². The van der Waals surface area contributed by atoms with Gasteiger partial charge >= 0.3 is 0 Å². The van der Waals surface area contributed by atoms with Crippen molar-refractivity contribution in [2.45, 2.75) is 26.8 Å². The minimum atomic E-state index is 0.789. The van der Waals surface area contributed by atoms with Gasteiger partial charge in [-0.15, -0.1) is 11.3 Å². The van der Waals surface area contributed by atoms with Crippen molar-refractivity contribution in [3.05, 3.63) is 39.6 Å². The molecule has 0 fully saturated rings. The van der Waals surface area contributed by atoms with Gasteiger partial charge in [-0.3, -0.25) is 4.79 Å². The zero-order valence-electron chi connectivity index (χ0n) is 9.43. The Morgan fingerprint density at radius 3 is 2.88 bits per heavy atom. The molecule has 3 nitrogen and oxygen atoms in total. The first-order chi connectivity index (χ1) is 7.72. The van der Waals surface area contributed by atoms with Gasteiger partial charge in [0.15, 0.2) is 6.29 Å². The van der Waals surface area contributed by atoms with Crippen LogP contribution in [0.2, 0.25) is 0 Å². The molecule has 0 radical (unpaired) electrons. The Bertz CT molecular complexity index is 485. The molecule has 2 rings (SSSR count). The average molecular weight is 234 g/mol. The summed E-state index contributed by atoms with van der Waals surface area (Å²) in [5.41, 5.74) is 2.97. The molecule has 0 aromatic carbocycles. The Labute approximate surface area is 98.8 Å². The van der Waals surface area contributed by atoms with Crippen LogP contribution in [0.4, 0.5) is 0 Å². The second-order valence-electron chi connectivity index (χ2n) is 3.77. The number of aryl methyl sites for hydroxylation is 2. The Morgan fingerprint density at radius 1 is 1.50 bits per heavy atom. The first kappa shape index (κ1) is 11.1. The van der Waals surface area contributed by atoms with Crippen molar-refractivity contribution >= 4 is 17.6 Å². The SMILES string of the molecule is Cc1cc(C=O)c(C)n1CCc1nccs1. The molecule has 2 aromatic rings. The number of hydrogen-bond acceptors (Lipinski definition) is 3. The summed E-state index contributed by atoms with van der Waals surface area (Å²) in [7, 11) is 0. The lowest BCUT2D eigenvalue weighted by atomic mass is 10.3. The average Bonchev–Trinajstić information content (AvgIpc) is 2.86. The minimum absolute atomic E-state index is 0.789. The van der Waals surface area contributed by atoms with Crippen molar-refractivity contribution in [1.29, 1.82) is 0 Å². The van der Waals surface area contributed by atoms with Crippen LogP contribution in [0.3, 0.4) is 0 Å². The molecule has 0 bridgehead atoms. The van der Waals surface area contributed by atoms with E-state index in [0.717, 1.165) is 41.2 Å². The van der Waals surface area contributed by atoms with Gasteiger partial charge in [-0.1, -0.05) is 0 Å². The molecule has 16 heavy (non-hydrogen) atoms. The van der Waals surface area contributed by atoms with Gasteiger partial charge in [0.2, 0.25) is 0 Å². The molecule has 0 amide bonds. The number of hydrogen-bond donors (Lipinski definition) is 0. The van der Waals surface area contributed by atoms with Gasteiger partial charge in [-0.25, -0.2) is 4.98 Å². The lowest BCUT2D eigenvalue weighted by Gasteiger charge is -2.07. The molecular weight excluding hydrogens is 220 g/mol. The van der Waals surface area contributed by atoms with Crippen LogP contribution in [-0.2, 0) is 13.0 Å². The van der Waals surface area contributed by atoms with Crippen molar-refractivity contribution in [3.8, 4) is 0 Å². The third-order valence-electron chi connectivity index (χ3n) is 2.77. The Morgan fingerprint density at radius 2 is 2.31 bits per heavy atom. The van der Waals surface area contributed by atoms with Gasteiger partial charge in [0, 0.05) is 41.5 Å². The van der Waals surface area contributed by atoms with Crippen LogP contribution < -0.4 is 0 Å². The summed E-state index contributed by atoms with van der Waals surface area (Å²) in [6.45, 7) is 4.90. The van der Waals surface area contributed by atoms with E-state index < -0.39 is 0 Å². The number of aromatic nitrogens is 2. The molecule has 2 heterocycles. The molecule has 2 aromatic heterocycles. The van der Waals surface area contributed by atoms with E-state index in [0.29, 0.717) is 0 Å². The molecule has 84 valence electrons. The standard InChI is InChI=1S/C12H14N2OS/c1-9-7-11(8-15)10(2)14(9)5-3-12-13-4-6-16-12/h4,6-8H,3,5H2,1-2H3. The van der Waals surface area contributed by atoms with Crippen LogP contribution in [0.25, 0.3) is 0 Å². The summed E-state index contributed by atoms with van der Waals surface area (Å²) in [5.74, 6) is 0.